The number of benzene rings is 3. The van der Waals surface area contributed by atoms with Gasteiger partial charge in [-0.15, -0.1) is 0 Å². The minimum atomic E-state index is -0.742. The molecule has 1 fully saturated rings. The maximum Gasteiger partial charge on any atom is 0.300 e. The minimum Gasteiger partial charge on any atom is -0.507 e. The Morgan fingerprint density at radius 2 is 1.73 bits per heavy atom. The van der Waals surface area contributed by atoms with E-state index in [9.17, 15) is 14.7 Å². The van der Waals surface area contributed by atoms with Gasteiger partial charge in [0, 0.05) is 11.3 Å². The second-order valence-electron chi connectivity index (χ2n) is 8.24. The first-order valence-corrected chi connectivity index (χ1v) is 11.1. The highest BCUT2D eigenvalue weighted by atomic mass is 16.5. The number of ether oxygens (including phenoxy) is 1. The van der Waals surface area contributed by atoms with Crippen LogP contribution in [0, 0.1) is 13.8 Å². The molecule has 1 amide bonds. The third-order valence-corrected chi connectivity index (χ3v) is 5.79. The lowest BCUT2D eigenvalue weighted by molar-refractivity contribution is -0.132. The second kappa shape index (κ2) is 9.33. The number of carbonyl (C=O) groups is 2. The van der Waals surface area contributed by atoms with Crippen molar-refractivity contribution < 1.29 is 19.4 Å². The van der Waals surface area contributed by atoms with E-state index in [0.717, 1.165) is 23.1 Å². The van der Waals surface area contributed by atoms with E-state index in [2.05, 4.69) is 0 Å². The molecule has 0 saturated carbocycles. The van der Waals surface area contributed by atoms with Crippen LogP contribution in [-0.4, -0.2) is 23.4 Å². The van der Waals surface area contributed by atoms with Crippen LogP contribution in [0.3, 0.4) is 0 Å². The number of carbonyl (C=O) groups excluding carboxylic acids is 2. The van der Waals surface area contributed by atoms with Crippen LogP contribution in [0.25, 0.3) is 5.76 Å². The Kier molecular flexibility index (Phi) is 6.31. The molecule has 1 atom stereocenters. The van der Waals surface area contributed by atoms with Crippen LogP contribution in [0.5, 0.6) is 5.75 Å². The topological polar surface area (TPSA) is 66.8 Å². The van der Waals surface area contributed by atoms with Crippen molar-refractivity contribution in [2.45, 2.75) is 33.2 Å². The van der Waals surface area contributed by atoms with Crippen LogP contribution in [0.1, 0.15) is 41.6 Å². The van der Waals surface area contributed by atoms with E-state index < -0.39 is 17.7 Å². The number of Topliss-reactive ketones (excluding diaryl/α,β-unsaturated/α-hetero) is 1. The lowest BCUT2D eigenvalue weighted by Gasteiger charge is -2.27. The van der Waals surface area contributed by atoms with Crippen molar-refractivity contribution in [1.29, 1.82) is 0 Å². The fourth-order valence-corrected chi connectivity index (χ4v) is 4.17. The molecule has 5 heteroatoms. The lowest BCUT2D eigenvalue weighted by Crippen LogP contribution is -2.29. The van der Waals surface area contributed by atoms with Crippen LogP contribution in [-0.2, 0) is 9.59 Å². The molecule has 4 rings (SSSR count). The third kappa shape index (κ3) is 4.27. The van der Waals surface area contributed by atoms with Crippen LogP contribution in [0.15, 0.2) is 78.4 Å². The van der Waals surface area contributed by atoms with Gasteiger partial charge in [0.2, 0.25) is 0 Å². The fourth-order valence-electron chi connectivity index (χ4n) is 4.17. The van der Waals surface area contributed by atoms with Gasteiger partial charge in [-0.2, -0.15) is 0 Å². The van der Waals surface area contributed by atoms with Crippen molar-refractivity contribution in [3.63, 3.8) is 0 Å². The molecule has 1 aliphatic rings. The highest BCUT2D eigenvalue weighted by Crippen LogP contribution is 2.43. The Hall–Kier alpha value is -3.86. The van der Waals surface area contributed by atoms with E-state index in [0.29, 0.717) is 23.6 Å². The first-order valence-electron chi connectivity index (χ1n) is 11.1. The van der Waals surface area contributed by atoms with Crippen molar-refractivity contribution in [1.82, 2.24) is 0 Å². The van der Waals surface area contributed by atoms with Gasteiger partial charge >= 0.3 is 0 Å². The van der Waals surface area contributed by atoms with Crippen LogP contribution >= 0.6 is 0 Å². The van der Waals surface area contributed by atoms with E-state index >= 15 is 0 Å². The zero-order chi connectivity index (χ0) is 23.5. The third-order valence-electron chi connectivity index (χ3n) is 5.79. The molecule has 0 radical (unpaired) electrons. The maximum absolute atomic E-state index is 13.3. The Bertz CT molecular complexity index is 1240. The van der Waals surface area contributed by atoms with Gasteiger partial charge in [0.15, 0.2) is 0 Å². The zero-order valence-electron chi connectivity index (χ0n) is 19.0. The molecule has 1 heterocycles. The van der Waals surface area contributed by atoms with Crippen molar-refractivity contribution in [3.8, 4) is 5.75 Å². The maximum atomic E-state index is 13.3. The van der Waals surface area contributed by atoms with Crippen molar-refractivity contribution in [2.24, 2.45) is 0 Å². The number of aryl methyl sites for hydroxylation is 2. The smallest absolute Gasteiger partial charge is 0.300 e. The normalized spacial score (nSPS) is 17.4. The average molecular weight is 442 g/mol. The first kappa shape index (κ1) is 22.3. The molecule has 0 bridgehead atoms. The van der Waals surface area contributed by atoms with Gasteiger partial charge in [-0.3, -0.25) is 14.5 Å². The SMILES string of the molecule is CCCOc1cccc(/C(O)=C2\C(=O)C(=O)N(c3cccc(C)c3)C2c2ccccc2C)c1. The number of hydrogen-bond donors (Lipinski definition) is 1. The number of aliphatic hydroxyl groups is 1. The molecular weight excluding hydrogens is 414 g/mol. The summed E-state index contributed by atoms with van der Waals surface area (Å²) in [6, 6.07) is 21.3. The molecule has 3 aromatic carbocycles. The van der Waals surface area contributed by atoms with Gasteiger partial charge in [-0.1, -0.05) is 55.5 Å². The lowest BCUT2D eigenvalue weighted by atomic mass is 9.92. The summed E-state index contributed by atoms with van der Waals surface area (Å²) in [6.45, 7) is 6.43. The Morgan fingerprint density at radius 1 is 0.970 bits per heavy atom. The van der Waals surface area contributed by atoms with Gasteiger partial charge in [-0.05, 0) is 61.2 Å². The molecule has 0 aromatic heterocycles. The summed E-state index contributed by atoms with van der Waals surface area (Å²) in [5.41, 5.74) is 3.81. The molecule has 1 N–H and O–H groups in total. The quantitative estimate of drug-likeness (QED) is 0.302. The minimum absolute atomic E-state index is 0.0726. The summed E-state index contributed by atoms with van der Waals surface area (Å²) >= 11 is 0. The summed E-state index contributed by atoms with van der Waals surface area (Å²) in [4.78, 5) is 28.1. The highest BCUT2D eigenvalue weighted by Gasteiger charge is 2.47. The van der Waals surface area contributed by atoms with E-state index in [1.165, 1.54) is 4.90 Å². The van der Waals surface area contributed by atoms with Crippen LogP contribution < -0.4 is 9.64 Å². The Balaban J connectivity index is 1.91. The summed E-state index contributed by atoms with van der Waals surface area (Å²) in [5.74, 6) is -0.976. The predicted octanol–water partition coefficient (Wildman–Crippen LogP) is 5.72. The zero-order valence-corrected chi connectivity index (χ0v) is 19.0. The van der Waals surface area contributed by atoms with Crippen molar-refractivity contribution >= 4 is 23.1 Å². The molecule has 1 saturated heterocycles. The van der Waals surface area contributed by atoms with E-state index in [4.69, 9.17) is 4.74 Å². The molecule has 1 unspecified atom stereocenters. The van der Waals surface area contributed by atoms with Gasteiger partial charge in [0.25, 0.3) is 11.7 Å². The van der Waals surface area contributed by atoms with Gasteiger partial charge in [0.05, 0.1) is 18.2 Å². The van der Waals surface area contributed by atoms with Gasteiger partial charge in [-0.25, -0.2) is 0 Å². The summed E-state index contributed by atoms with van der Waals surface area (Å²) < 4.78 is 5.69. The van der Waals surface area contributed by atoms with Crippen LogP contribution in [0.4, 0.5) is 5.69 Å². The van der Waals surface area contributed by atoms with Gasteiger partial charge in [0.1, 0.15) is 11.5 Å². The Labute approximate surface area is 193 Å². The van der Waals surface area contributed by atoms with Gasteiger partial charge < -0.3 is 9.84 Å². The predicted molar refractivity (Wildman–Crippen MR) is 129 cm³/mol. The molecule has 1 aliphatic heterocycles. The van der Waals surface area contributed by atoms with Crippen molar-refractivity contribution in [3.05, 3.63) is 101 Å². The molecule has 0 aliphatic carbocycles. The molecule has 0 spiro atoms. The Morgan fingerprint density at radius 3 is 2.45 bits per heavy atom. The summed E-state index contributed by atoms with van der Waals surface area (Å²) in [7, 11) is 0. The number of rotatable bonds is 6. The number of amides is 1. The summed E-state index contributed by atoms with van der Waals surface area (Å²) in [5, 5.41) is 11.3. The standard InChI is InChI=1S/C28H27NO4/c1-4-15-33-22-13-8-11-20(17-22)26(30)24-25(23-14-6-5-10-19(23)3)29(28(32)27(24)31)21-12-7-9-18(2)16-21/h5-14,16-17,25,30H,4,15H2,1-3H3/b26-24+. The van der Waals surface area contributed by atoms with Crippen molar-refractivity contribution in [2.75, 3.05) is 11.5 Å². The molecule has 168 valence electrons. The number of anilines is 1. The van der Waals surface area contributed by atoms with E-state index in [1.807, 2.05) is 69.3 Å². The molecule has 3 aromatic rings. The first-order chi connectivity index (χ1) is 15.9. The molecular formula is C28H27NO4. The molecule has 5 nitrogen and oxygen atoms in total. The van der Waals surface area contributed by atoms with E-state index in [-0.39, 0.29) is 11.3 Å². The monoisotopic (exact) mass is 441 g/mol. The van der Waals surface area contributed by atoms with E-state index in [1.54, 1.807) is 24.3 Å². The number of hydrogen-bond acceptors (Lipinski definition) is 4. The number of aliphatic hydroxyl groups excluding tert-OH is 1. The number of nitrogens with zero attached hydrogens (tertiary/aromatic N) is 1. The largest absolute Gasteiger partial charge is 0.507 e. The number of ketones is 1. The average Bonchev–Trinajstić information content (AvgIpc) is 3.08. The fraction of sp³-hybridized carbons (Fsp3) is 0.214. The second-order valence-corrected chi connectivity index (χ2v) is 8.24. The summed E-state index contributed by atoms with van der Waals surface area (Å²) in [6.07, 6.45) is 0.852. The molecule has 33 heavy (non-hydrogen) atoms. The highest BCUT2D eigenvalue weighted by molar-refractivity contribution is 6.51. The van der Waals surface area contributed by atoms with Crippen LogP contribution in [0.2, 0.25) is 0 Å².